The number of nitro groups is 1. The zero-order valence-electron chi connectivity index (χ0n) is 11.7. The van der Waals surface area contributed by atoms with E-state index in [0.717, 1.165) is 18.5 Å². The SMILES string of the molecule is Cn1cnc([N+](=O)[O-])c1NCC1CCc2ccccc2N1. The highest BCUT2D eigenvalue weighted by Gasteiger charge is 2.22. The second-order valence-corrected chi connectivity index (χ2v) is 5.20. The molecule has 0 saturated heterocycles. The number of imidazole rings is 1. The average molecular weight is 287 g/mol. The monoisotopic (exact) mass is 287 g/mol. The number of nitrogens with one attached hydrogen (secondary N) is 2. The molecule has 1 atom stereocenters. The molecular formula is C14H17N5O2. The molecule has 1 aliphatic heterocycles. The number of fused-ring (bicyclic) bond motifs is 1. The Hall–Kier alpha value is -2.57. The van der Waals surface area contributed by atoms with Gasteiger partial charge in [0.15, 0.2) is 0 Å². The van der Waals surface area contributed by atoms with Crippen molar-refractivity contribution in [1.29, 1.82) is 0 Å². The molecule has 1 aromatic heterocycles. The second kappa shape index (κ2) is 5.43. The Morgan fingerprint density at radius 2 is 2.33 bits per heavy atom. The summed E-state index contributed by atoms with van der Waals surface area (Å²) in [4.78, 5) is 14.3. The fraction of sp³-hybridized carbons (Fsp3) is 0.357. The van der Waals surface area contributed by atoms with Crippen molar-refractivity contribution in [2.45, 2.75) is 18.9 Å². The molecular weight excluding hydrogens is 270 g/mol. The van der Waals surface area contributed by atoms with Crippen LogP contribution in [-0.2, 0) is 13.5 Å². The van der Waals surface area contributed by atoms with E-state index in [2.05, 4.69) is 27.8 Å². The van der Waals surface area contributed by atoms with Crippen molar-refractivity contribution in [3.8, 4) is 0 Å². The van der Waals surface area contributed by atoms with Gasteiger partial charge in [0.2, 0.25) is 12.1 Å². The van der Waals surface area contributed by atoms with Gasteiger partial charge in [-0.1, -0.05) is 18.2 Å². The van der Waals surface area contributed by atoms with Gasteiger partial charge in [-0.2, -0.15) is 0 Å². The summed E-state index contributed by atoms with van der Waals surface area (Å²) in [5.74, 6) is 0.314. The lowest BCUT2D eigenvalue weighted by molar-refractivity contribution is -0.388. The van der Waals surface area contributed by atoms with Crippen molar-refractivity contribution in [2.75, 3.05) is 17.2 Å². The normalized spacial score (nSPS) is 16.9. The summed E-state index contributed by atoms with van der Waals surface area (Å²) >= 11 is 0. The standard InChI is InChI=1S/C14H17N5O2/c1-18-9-16-14(19(20)21)13(18)15-8-11-7-6-10-4-2-3-5-12(10)17-11/h2-5,9,11,15,17H,6-8H2,1H3. The first-order valence-corrected chi connectivity index (χ1v) is 6.89. The fourth-order valence-corrected chi connectivity index (χ4v) is 2.63. The summed E-state index contributed by atoms with van der Waals surface area (Å²) in [6.45, 7) is 0.620. The summed E-state index contributed by atoms with van der Waals surface area (Å²) in [5.41, 5.74) is 2.47. The van der Waals surface area contributed by atoms with Crippen molar-refractivity contribution in [1.82, 2.24) is 9.55 Å². The molecule has 0 fully saturated rings. The number of benzene rings is 1. The third-order valence-corrected chi connectivity index (χ3v) is 3.75. The molecule has 2 heterocycles. The Labute approximate surface area is 122 Å². The van der Waals surface area contributed by atoms with Crippen molar-refractivity contribution < 1.29 is 4.92 Å². The lowest BCUT2D eigenvalue weighted by Crippen LogP contribution is -2.32. The van der Waals surface area contributed by atoms with E-state index in [0.29, 0.717) is 12.4 Å². The molecule has 3 rings (SSSR count). The van der Waals surface area contributed by atoms with Crippen molar-refractivity contribution in [3.63, 3.8) is 0 Å². The quantitative estimate of drug-likeness (QED) is 0.665. The highest BCUT2D eigenvalue weighted by atomic mass is 16.6. The Kier molecular flexibility index (Phi) is 3.47. The summed E-state index contributed by atoms with van der Waals surface area (Å²) in [6.07, 6.45) is 3.46. The van der Waals surface area contributed by atoms with E-state index in [1.54, 1.807) is 11.6 Å². The van der Waals surface area contributed by atoms with E-state index < -0.39 is 4.92 Å². The van der Waals surface area contributed by atoms with Gasteiger partial charge in [0, 0.05) is 25.3 Å². The van der Waals surface area contributed by atoms with Crippen molar-refractivity contribution in [3.05, 3.63) is 46.3 Å². The third-order valence-electron chi connectivity index (χ3n) is 3.75. The Morgan fingerprint density at radius 3 is 3.14 bits per heavy atom. The number of nitrogens with zero attached hydrogens (tertiary/aromatic N) is 3. The van der Waals surface area contributed by atoms with E-state index in [-0.39, 0.29) is 11.9 Å². The molecule has 21 heavy (non-hydrogen) atoms. The topological polar surface area (TPSA) is 85.0 Å². The maximum absolute atomic E-state index is 10.9. The van der Waals surface area contributed by atoms with Crippen LogP contribution in [-0.4, -0.2) is 27.1 Å². The van der Waals surface area contributed by atoms with E-state index in [1.807, 2.05) is 12.1 Å². The number of aromatic nitrogens is 2. The molecule has 1 aliphatic rings. The molecule has 0 amide bonds. The van der Waals surface area contributed by atoms with Crippen LogP contribution >= 0.6 is 0 Å². The van der Waals surface area contributed by atoms with Gasteiger partial charge >= 0.3 is 5.82 Å². The van der Waals surface area contributed by atoms with Gasteiger partial charge in [-0.3, -0.25) is 4.57 Å². The number of aryl methyl sites for hydroxylation is 2. The molecule has 110 valence electrons. The Bertz CT molecular complexity index is 667. The molecule has 0 saturated carbocycles. The van der Waals surface area contributed by atoms with Gasteiger partial charge in [0.25, 0.3) is 0 Å². The fourth-order valence-electron chi connectivity index (χ4n) is 2.63. The molecule has 2 N–H and O–H groups in total. The van der Waals surface area contributed by atoms with Crippen LogP contribution in [0.1, 0.15) is 12.0 Å². The Balaban J connectivity index is 1.67. The van der Waals surface area contributed by atoms with E-state index >= 15 is 0 Å². The van der Waals surface area contributed by atoms with Crippen LogP contribution in [0.15, 0.2) is 30.6 Å². The van der Waals surface area contributed by atoms with Gasteiger partial charge in [-0.15, -0.1) is 0 Å². The molecule has 0 spiro atoms. The van der Waals surface area contributed by atoms with Crippen molar-refractivity contribution >= 4 is 17.3 Å². The number of hydrogen-bond donors (Lipinski definition) is 2. The minimum absolute atomic E-state index is 0.131. The summed E-state index contributed by atoms with van der Waals surface area (Å²) < 4.78 is 1.63. The Morgan fingerprint density at radius 1 is 1.52 bits per heavy atom. The molecule has 2 aromatic rings. The van der Waals surface area contributed by atoms with Crippen LogP contribution in [0.4, 0.5) is 17.3 Å². The van der Waals surface area contributed by atoms with Crippen molar-refractivity contribution in [2.24, 2.45) is 7.05 Å². The zero-order chi connectivity index (χ0) is 14.8. The molecule has 1 unspecified atom stereocenters. The van der Waals surface area contributed by atoms with E-state index in [4.69, 9.17) is 0 Å². The highest BCUT2D eigenvalue weighted by Crippen LogP contribution is 2.25. The highest BCUT2D eigenvalue weighted by molar-refractivity contribution is 5.55. The number of para-hydroxylation sites is 1. The van der Waals surface area contributed by atoms with Crippen LogP contribution in [0.5, 0.6) is 0 Å². The molecule has 0 aliphatic carbocycles. The largest absolute Gasteiger partial charge is 0.406 e. The van der Waals surface area contributed by atoms with Gasteiger partial charge in [-0.05, 0) is 34.4 Å². The zero-order valence-corrected chi connectivity index (χ0v) is 11.7. The number of hydrogen-bond acceptors (Lipinski definition) is 5. The summed E-state index contributed by atoms with van der Waals surface area (Å²) in [5, 5.41) is 17.5. The molecule has 7 nitrogen and oxygen atoms in total. The van der Waals surface area contributed by atoms with Crippen LogP contribution in [0, 0.1) is 10.1 Å². The molecule has 1 aromatic carbocycles. The molecule has 0 radical (unpaired) electrons. The van der Waals surface area contributed by atoms with Crippen LogP contribution in [0.3, 0.4) is 0 Å². The first-order chi connectivity index (χ1) is 10.1. The summed E-state index contributed by atoms with van der Waals surface area (Å²) in [7, 11) is 1.74. The van der Waals surface area contributed by atoms with Crippen LogP contribution in [0.25, 0.3) is 0 Å². The average Bonchev–Trinajstić information content (AvgIpc) is 2.86. The van der Waals surface area contributed by atoms with Crippen LogP contribution in [0.2, 0.25) is 0 Å². The minimum atomic E-state index is -0.466. The van der Waals surface area contributed by atoms with Gasteiger partial charge < -0.3 is 20.7 Å². The maximum atomic E-state index is 10.9. The summed E-state index contributed by atoms with van der Waals surface area (Å²) in [6, 6.07) is 8.48. The molecule has 7 heteroatoms. The third kappa shape index (κ3) is 2.67. The van der Waals surface area contributed by atoms with Gasteiger partial charge in [0.1, 0.15) is 0 Å². The number of rotatable bonds is 4. The first-order valence-electron chi connectivity index (χ1n) is 6.89. The van der Waals surface area contributed by atoms with Gasteiger partial charge in [0.05, 0.1) is 0 Å². The van der Waals surface area contributed by atoms with E-state index in [9.17, 15) is 10.1 Å². The van der Waals surface area contributed by atoms with E-state index in [1.165, 1.54) is 11.9 Å². The second-order valence-electron chi connectivity index (χ2n) is 5.20. The van der Waals surface area contributed by atoms with Gasteiger partial charge in [-0.25, -0.2) is 0 Å². The molecule has 0 bridgehead atoms. The number of anilines is 2. The smallest absolute Gasteiger partial charge is 0.380 e. The first kappa shape index (κ1) is 13.4. The predicted octanol–water partition coefficient (Wildman–Crippen LogP) is 2.17. The minimum Gasteiger partial charge on any atom is -0.380 e. The maximum Gasteiger partial charge on any atom is 0.406 e. The predicted molar refractivity (Wildman–Crippen MR) is 80.5 cm³/mol. The lowest BCUT2D eigenvalue weighted by Gasteiger charge is -2.27. The lowest BCUT2D eigenvalue weighted by atomic mass is 9.98. The van der Waals surface area contributed by atoms with Crippen LogP contribution < -0.4 is 10.6 Å².